The van der Waals surface area contributed by atoms with Crippen LogP contribution < -0.4 is 15.8 Å². The predicted molar refractivity (Wildman–Crippen MR) is 81.8 cm³/mol. The first kappa shape index (κ1) is 14.7. The first-order valence-electron chi connectivity index (χ1n) is 7.42. The summed E-state index contributed by atoms with van der Waals surface area (Å²) >= 11 is 0. The molecule has 1 aromatic rings. The Kier molecular flexibility index (Phi) is 5.27. The summed E-state index contributed by atoms with van der Waals surface area (Å²) in [5, 5.41) is 2.94. The van der Waals surface area contributed by atoms with Crippen LogP contribution in [0.1, 0.15) is 44.9 Å². The number of nitrogens with two attached hydrogens (primary N) is 1. The van der Waals surface area contributed by atoms with Crippen molar-refractivity contribution in [2.24, 2.45) is 5.92 Å². The van der Waals surface area contributed by atoms with Crippen LogP contribution >= 0.6 is 0 Å². The number of carbonyl (C=O) groups is 1. The molecule has 0 aliphatic heterocycles. The Hall–Kier alpha value is -1.71. The molecule has 3 N–H and O–H groups in total. The fourth-order valence-electron chi connectivity index (χ4n) is 2.84. The number of carbonyl (C=O) groups excluding carboxylic acids is 1. The average Bonchev–Trinajstić information content (AvgIpc) is 2.69. The van der Waals surface area contributed by atoms with E-state index in [1.165, 1.54) is 38.5 Å². The van der Waals surface area contributed by atoms with Gasteiger partial charge in [-0.2, -0.15) is 0 Å². The van der Waals surface area contributed by atoms with Crippen LogP contribution in [0.25, 0.3) is 0 Å². The van der Waals surface area contributed by atoms with Gasteiger partial charge in [0.05, 0.1) is 12.8 Å². The van der Waals surface area contributed by atoms with Gasteiger partial charge in [0, 0.05) is 18.2 Å². The van der Waals surface area contributed by atoms with Gasteiger partial charge < -0.3 is 15.8 Å². The van der Waals surface area contributed by atoms with Gasteiger partial charge in [0.15, 0.2) is 0 Å². The quantitative estimate of drug-likeness (QED) is 0.652. The smallest absolute Gasteiger partial charge is 0.224 e. The topological polar surface area (TPSA) is 64.3 Å². The molecule has 1 aromatic carbocycles. The number of nitrogen functional groups attached to an aromatic ring is 1. The molecule has 0 unspecified atom stereocenters. The Labute approximate surface area is 120 Å². The van der Waals surface area contributed by atoms with Gasteiger partial charge in [-0.05, 0) is 30.9 Å². The number of anilines is 2. The maximum atomic E-state index is 12.1. The first-order chi connectivity index (χ1) is 9.69. The van der Waals surface area contributed by atoms with Crippen molar-refractivity contribution in [3.05, 3.63) is 18.2 Å². The largest absolute Gasteiger partial charge is 0.494 e. The van der Waals surface area contributed by atoms with Crippen molar-refractivity contribution in [3.8, 4) is 5.75 Å². The van der Waals surface area contributed by atoms with Gasteiger partial charge >= 0.3 is 0 Å². The zero-order valence-corrected chi connectivity index (χ0v) is 12.2. The molecule has 0 bridgehead atoms. The first-order valence-corrected chi connectivity index (χ1v) is 7.42. The molecule has 1 aliphatic carbocycles. The summed E-state index contributed by atoms with van der Waals surface area (Å²) in [4.78, 5) is 12.1. The van der Waals surface area contributed by atoms with Gasteiger partial charge in [-0.25, -0.2) is 0 Å². The van der Waals surface area contributed by atoms with Gasteiger partial charge in [0.25, 0.3) is 0 Å². The fourth-order valence-corrected chi connectivity index (χ4v) is 2.84. The molecule has 1 amide bonds. The molecule has 0 spiro atoms. The van der Waals surface area contributed by atoms with E-state index in [1.54, 1.807) is 25.3 Å². The molecule has 2 rings (SSSR count). The molecule has 0 atom stereocenters. The van der Waals surface area contributed by atoms with Crippen molar-refractivity contribution in [1.82, 2.24) is 0 Å². The lowest BCUT2D eigenvalue weighted by Gasteiger charge is -2.15. The molecule has 4 nitrogen and oxygen atoms in total. The second-order valence-electron chi connectivity index (χ2n) is 5.57. The van der Waals surface area contributed by atoms with Crippen LogP contribution in [0, 0.1) is 5.92 Å². The third-order valence-corrected chi connectivity index (χ3v) is 3.95. The van der Waals surface area contributed by atoms with E-state index in [0.717, 1.165) is 0 Å². The van der Waals surface area contributed by atoms with E-state index in [-0.39, 0.29) is 5.91 Å². The highest BCUT2D eigenvalue weighted by Gasteiger charge is 2.17. The Morgan fingerprint density at radius 1 is 1.30 bits per heavy atom. The lowest BCUT2D eigenvalue weighted by molar-refractivity contribution is -0.117. The van der Waals surface area contributed by atoms with Crippen molar-refractivity contribution in [2.75, 3.05) is 18.2 Å². The summed E-state index contributed by atoms with van der Waals surface area (Å²) in [7, 11) is 1.58. The highest BCUT2D eigenvalue weighted by atomic mass is 16.5. The summed E-state index contributed by atoms with van der Waals surface area (Å²) in [6.45, 7) is 0. The summed E-state index contributed by atoms with van der Waals surface area (Å²) < 4.78 is 5.24. The molecule has 0 saturated heterocycles. The number of methoxy groups -OCH3 is 1. The molecule has 0 aromatic heterocycles. The Bertz CT molecular complexity index is 452. The second-order valence-corrected chi connectivity index (χ2v) is 5.57. The molecule has 1 aliphatic rings. The number of benzene rings is 1. The Balaban J connectivity index is 1.93. The summed E-state index contributed by atoms with van der Waals surface area (Å²) in [5.74, 6) is 1.21. The van der Waals surface area contributed by atoms with Gasteiger partial charge in [-0.3, -0.25) is 4.79 Å². The van der Waals surface area contributed by atoms with E-state index in [2.05, 4.69) is 5.32 Å². The third-order valence-electron chi connectivity index (χ3n) is 3.95. The Morgan fingerprint density at radius 3 is 2.65 bits per heavy atom. The standard InChI is InChI=1S/C16H24N2O2/c1-20-15-11-13(17)8-9-14(15)18-16(19)10-12-6-4-2-3-5-7-12/h8-9,11-12H,2-7,10,17H2,1H3,(H,18,19). The van der Waals surface area contributed by atoms with Gasteiger partial charge in [-0.15, -0.1) is 0 Å². The molecule has 0 heterocycles. The number of rotatable bonds is 4. The SMILES string of the molecule is COc1cc(N)ccc1NC(=O)CC1CCCCCC1. The molecule has 4 heteroatoms. The van der Waals surface area contributed by atoms with Crippen molar-refractivity contribution < 1.29 is 9.53 Å². The number of amides is 1. The van der Waals surface area contributed by atoms with Gasteiger partial charge in [0.1, 0.15) is 5.75 Å². The van der Waals surface area contributed by atoms with Crippen LogP contribution in [0.3, 0.4) is 0 Å². The average molecular weight is 276 g/mol. The number of ether oxygens (including phenoxy) is 1. The van der Waals surface area contributed by atoms with Gasteiger partial charge in [0.2, 0.25) is 5.91 Å². The lowest BCUT2D eigenvalue weighted by atomic mass is 9.96. The summed E-state index contributed by atoms with van der Waals surface area (Å²) in [6, 6.07) is 5.28. The van der Waals surface area contributed by atoms with Gasteiger partial charge in [-0.1, -0.05) is 25.7 Å². The summed E-state index contributed by atoms with van der Waals surface area (Å²) in [5.41, 5.74) is 7.03. The highest BCUT2D eigenvalue weighted by Crippen LogP contribution is 2.29. The number of hydrogen-bond donors (Lipinski definition) is 2. The van der Waals surface area contributed by atoms with E-state index in [0.29, 0.717) is 29.5 Å². The minimum absolute atomic E-state index is 0.0694. The molecular weight excluding hydrogens is 252 g/mol. The molecule has 0 radical (unpaired) electrons. The fraction of sp³-hybridized carbons (Fsp3) is 0.562. The van der Waals surface area contributed by atoms with Crippen LogP contribution in [0.4, 0.5) is 11.4 Å². The van der Waals surface area contributed by atoms with E-state index in [9.17, 15) is 4.79 Å². The van der Waals surface area contributed by atoms with Crippen molar-refractivity contribution in [1.29, 1.82) is 0 Å². The van der Waals surface area contributed by atoms with Crippen molar-refractivity contribution in [3.63, 3.8) is 0 Å². The van der Waals surface area contributed by atoms with Crippen LogP contribution in [-0.4, -0.2) is 13.0 Å². The van der Waals surface area contributed by atoms with E-state index in [1.807, 2.05) is 0 Å². The Morgan fingerprint density at radius 2 is 2.00 bits per heavy atom. The lowest BCUT2D eigenvalue weighted by Crippen LogP contribution is -2.17. The second kappa shape index (κ2) is 7.17. The molecule has 1 fully saturated rings. The van der Waals surface area contributed by atoms with Crippen molar-refractivity contribution >= 4 is 17.3 Å². The van der Waals surface area contributed by atoms with E-state index < -0.39 is 0 Å². The maximum Gasteiger partial charge on any atom is 0.224 e. The zero-order chi connectivity index (χ0) is 14.4. The normalized spacial score (nSPS) is 16.4. The van der Waals surface area contributed by atoms with E-state index in [4.69, 9.17) is 10.5 Å². The molecule has 20 heavy (non-hydrogen) atoms. The monoisotopic (exact) mass is 276 g/mol. The third kappa shape index (κ3) is 4.15. The number of nitrogens with one attached hydrogen (secondary N) is 1. The zero-order valence-electron chi connectivity index (χ0n) is 12.2. The van der Waals surface area contributed by atoms with Crippen LogP contribution in [0.5, 0.6) is 5.75 Å². The minimum Gasteiger partial charge on any atom is -0.494 e. The number of hydrogen-bond acceptors (Lipinski definition) is 3. The molecule has 1 saturated carbocycles. The minimum atomic E-state index is 0.0694. The summed E-state index contributed by atoms with van der Waals surface area (Å²) in [6.07, 6.45) is 8.08. The van der Waals surface area contributed by atoms with Crippen molar-refractivity contribution in [2.45, 2.75) is 44.9 Å². The highest BCUT2D eigenvalue weighted by molar-refractivity contribution is 5.92. The van der Waals surface area contributed by atoms with E-state index >= 15 is 0 Å². The molecular formula is C16H24N2O2. The maximum absolute atomic E-state index is 12.1. The van der Waals surface area contributed by atoms with Crippen LogP contribution in [-0.2, 0) is 4.79 Å². The predicted octanol–water partition coefficient (Wildman–Crippen LogP) is 3.58. The van der Waals surface area contributed by atoms with Crippen LogP contribution in [0.2, 0.25) is 0 Å². The molecule has 110 valence electrons. The van der Waals surface area contributed by atoms with Crippen LogP contribution in [0.15, 0.2) is 18.2 Å².